The van der Waals surface area contributed by atoms with Crippen LogP contribution in [0.15, 0.2) is 0 Å². The van der Waals surface area contributed by atoms with Gasteiger partial charge in [0.25, 0.3) is 0 Å². The highest BCUT2D eigenvalue weighted by molar-refractivity contribution is 5.87. The van der Waals surface area contributed by atoms with Gasteiger partial charge in [-0.05, 0) is 18.8 Å². The Balaban J connectivity index is 2.67. The van der Waals surface area contributed by atoms with Gasteiger partial charge in [-0.1, -0.05) is 40.0 Å². The molecule has 1 unspecified atom stereocenters. The summed E-state index contributed by atoms with van der Waals surface area (Å²) >= 11 is 0. The van der Waals surface area contributed by atoms with E-state index in [1.54, 1.807) is 0 Å². The second kappa shape index (κ2) is 5.52. The molecule has 17 heavy (non-hydrogen) atoms. The summed E-state index contributed by atoms with van der Waals surface area (Å²) in [5, 5.41) is 11.8. The molecule has 0 saturated heterocycles. The van der Waals surface area contributed by atoms with E-state index < -0.39 is 12.0 Å². The number of carboxylic acid groups (broad SMARTS) is 1. The Labute approximate surface area is 103 Å². The van der Waals surface area contributed by atoms with Gasteiger partial charge in [0.05, 0.1) is 0 Å². The molecule has 1 fully saturated rings. The van der Waals surface area contributed by atoms with Crippen molar-refractivity contribution < 1.29 is 14.7 Å². The van der Waals surface area contributed by atoms with Crippen LogP contribution in [0.25, 0.3) is 0 Å². The van der Waals surface area contributed by atoms with Crippen molar-refractivity contribution >= 4 is 11.9 Å². The molecule has 1 saturated carbocycles. The van der Waals surface area contributed by atoms with Gasteiger partial charge in [-0.25, -0.2) is 4.79 Å². The molecule has 1 aliphatic carbocycles. The van der Waals surface area contributed by atoms with Crippen LogP contribution in [0.5, 0.6) is 0 Å². The summed E-state index contributed by atoms with van der Waals surface area (Å²) in [5.74, 6) is -1.07. The van der Waals surface area contributed by atoms with Gasteiger partial charge in [-0.3, -0.25) is 4.79 Å². The molecule has 1 rings (SSSR count). The van der Waals surface area contributed by atoms with Gasteiger partial charge in [0.15, 0.2) is 0 Å². The van der Waals surface area contributed by atoms with Crippen LogP contribution >= 0.6 is 0 Å². The van der Waals surface area contributed by atoms with Crippen LogP contribution in [0.3, 0.4) is 0 Å². The summed E-state index contributed by atoms with van der Waals surface area (Å²) < 4.78 is 0. The third-order valence-corrected chi connectivity index (χ3v) is 4.02. The molecule has 0 radical (unpaired) electrons. The maximum absolute atomic E-state index is 12.1. The van der Waals surface area contributed by atoms with E-state index in [2.05, 4.69) is 5.32 Å². The molecule has 2 N–H and O–H groups in total. The summed E-state index contributed by atoms with van der Waals surface area (Å²) in [4.78, 5) is 23.3. The Morgan fingerprint density at radius 1 is 1.35 bits per heavy atom. The zero-order chi connectivity index (χ0) is 13.1. The molecular formula is C13H23NO3. The average Bonchev–Trinajstić information content (AvgIpc) is 2.72. The monoisotopic (exact) mass is 241 g/mol. The van der Waals surface area contributed by atoms with Gasteiger partial charge in [-0.15, -0.1) is 0 Å². The Morgan fingerprint density at radius 2 is 1.88 bits per heavy atom. The van der Waals surface area contributed by atoms with Gasteiger partial charge < -0.3 is 10.4 Å². The Kier molecular flexibility index (Phi) is 4.54. The zero-order valence-electron chi connectivity index (χ0n) is 11.0. The minimum Gasteiger partial charge on any atom is -0.480 e. The number of hydrogen-bond acceptors (Lipinski definition) is 2. The largest absolute Gasteiger partial charge is 0.480 e. The van der Waals surface area contributed by atoms with Crippen molar-refractivity contribution in [1.82, 2.24) is 5.32 Å². The molecule has 1 aliphatic rings. The molecule has 98 valence electrons. The van der Waals surface area contributed by atoms with Gasteiger partial charge >= 0.3 is 5.97 Å². The molecule has 2 atom stereocenters. The van der Waals surface area contributed by atoms with E-state index in [9.17, 15) is 9.59 Å². The van der Waals surface area contributed by atoms with E-state index in [1.165, 1.54) is 0 Å². The summed E-state index contributed by atoms with van der Waals surface area (Å²) in [5.41, 5.74) is -0.360. The first-order chi connectivity index (χ1) is 7.90. The van der Waals surface area contributed by atoms with Crippen molar-refractivity contribution in [2.45, 2.75) is 58.9 Å². The van der Waals surface area contributed by atoms with Crippen LogP contribution < -0.4 is 5.32 Å². The van der Waals surface area contributed by atoms with E-state index in [1.807, 2.05) is 20.8 Å². The molecule has 0 aromatic rings. The lowest BCUT2D eigenvalue weighted by Crippen LogP contribution is -2.49. The summed E-state index contributed by atoms with van der Waals surface area (Å²) in [6, 6.07) is -0.759. The maximum Gasteiger partial charge on any atom is 0.326 e. The number of rotatable bonds is 5. The number of amides is 1. The second-order valence-electron chi connectivity index (χ2n) is 5.44. The van der Waals surface area contributed by atoms with Gasteiger partial charge in [-0.2, -0.15) is 0 Å². The maximum atomic E-state index is 12.1. The topological polar surface area (TPSA) is 66.4 Å². The van der Waals surface area contributed by atoms with Gasteiger partial charge in [0, 0.05) is 5.41 Å². The van der Waals surface area contributed by atoms with Gasteiger partial charge in [0.1, 0.15) is 6.04 Å². The first-order valence-electron chi connectivity index (χ1n) is 6.44. The Bertz CT molecular complexity index is 295. The first-order valence-corrected chi connectivity index (χ1v) is 6.44. The lowest BCUT2D eigenvalue weighted by molar-refractivity contribution is -0.145. The first kappa shape index (κ1) is 14.0. The van der Waals surface area contributed by atoms with Crippen molar-refractivity contribution in [3.63, 3.8) is 0 Å². The predicted octanol–water partition coefficient (Wildman–Crippen LogP) is 2.18. The normalized spacial score (nSPS) is 21.8. The van der Waals surface area contributed by atoms with Crippen LogP contribution in [0.1, 0.15) is 52.9 Å². The molecular weight excluding hydrogens is 218 g/mol. The van der Waals surface area contributed by atoms with Crippen molar-refractivity contribution in [2.24, 2.45) is 11.3 Å². The zero-order valence-corrected chi connectivity index (χ0v) is 11.0. The number of carbonyl (C=O) groups is 2. The fourth-order valence-electron chi connectivity index (χ4n) is 2.38. The molecule has 0 spiro atoms. The van der Waals surface area contributed by atoms with Crippen molar-refractivity contribution in [3.8, 4) is 0 Å². The smallest absolute Gasteiger partial charge is 0.326 e. The third-order valence-electron chi connectivity index (χ3n) is 4.02. The van der Waals surface area contributed by atoms with E-state index >= 15 is 0 Å². The van der Waals surface area contributed by atoms with Gasteiger partial charge in [0.2, 0.25) is 5.91 Å². The SMILES string of the molecule is CCC(C)[C@H](NC(=O)C1(C)CCCC1)C(=O)O. The second-order valence-corrected chi connectivity index (χ2v) is 5.44. The highest BCUT2D eigenvalue weighted by Crippen LogP contribution is 2.37. The highest BCUT2D eigenvalue weighted by atomic mass is 16.4. The van der Waals surface area contributed by atoms with Crippen molar-refractivity contribution in [2.75, 3.05) is 0 Å². The number of carboxylic acids is 1. The van der Waals surface area contributed by atoms with Crippen LogP contribution in [0.2, 0.25) is 0 Å². The average molecular weight is 241 g/mol. The van der Waals surface area contributed by atoms with E-state index in [4.69, 9.17) is 5.11 Å². The fourth-order valence-corrected chi connectivity index (χ4v) is 2.38. The summed E-state index contributed by atoms with van der Waals surface area (Å²) in [7, 11) is 0. The number of hydrogen-bond donors (Lipinski definition) is 2. The van der Waals surface area contributed by atoms with Crippen molar-refractivity contribution in [3.05, 3.63) is 0 Å². The molecule has 0 heterocycles. The minimum absolute atomic E-state index is 0.0403. The Hall–Kier alpha value is -1.06. The minimum atomic E-state index is -0.936. The number of carbonyl (C=O) groups excluding carboxylic acids is 1. The molecule has 0 aromatic heterocycles. The highest BCUT2D eigenvalue weighted by Gasteiger charge is 2.38. The van der Waals surface area contributed by atoms with Crippen LogP contribution in [-0.4, -0.2) is 23.0 Å². The lowest BCUT2D eigenvalue weighted by Gasteiger charge is -2.27. The molecule has 0 aromatic carbocycles. The quantitative estimate of drug-likeness (QED) is 0.775. The lowest BCUT2D eigenvalue weighted by atomic mass is 9.86. The molecule has 1 amide bonds. The number of aliphatic carboxylic acids is 1. The summed E-state index contributed by atoms with van der Waals surface area (Å²) in [6.45, 7) is 5.73. The van der Waals surface area contributed by atoms with Crippen LogP contribution in [-0.2, 0) is 9.59 Å². The molecule has 0 aliphatic heterocycles. The third kappa shape index (κ3) is 3.20. The van der Waals surface area contributed by atoms with E-state index in [0.717, 1.165) is 32.1 Å². The molecule has 0 bridgehead atoms. The Morgan fingerprint density at radius 3 is 2.29 bits per heavy atom. The van der Waals surface area contributed by atoms with Crippen molar-refractivity contribution in [1.29, 1.82) is 0 Å². The van der Waals surface area contributed by atoms with Crippen LogP contribution in [0, 0.1) is 11.3 Å². The fraction of sp³-hybridized carbons (Fsp3) is 0.846. The van der Waals surface area contributed by atoms with E-state index in [-0.39, 0.29) is 17.2 Å². The molecule has 4 nitrogen and oxygen atoms in total. The molecule has 4 heteroatoms. The number of nitrogens with one attached hydrogen (secondary N) is 1. The van der Waals surface area contributed by atoms with E-state index in [0.29, 0.717) is 0 Å². The predicted molar refractivity (Wildman–Crippen MR) is 65.6 cm³/mol. The van der Waals surface area contributed by atoms with Crippen LogP contribution in [0.4, 0.5) is 0 Å². The summed E-state index contributed by atoms with van der Waals surface area (Å²) in [6.07, 6.45) is 4.60. The standard InChI is InChI=1S/C13H23NO3/c1-4-9(2)10(11(15)16)14-12(17)13(3)7-5-6-8-13/h9-10H,4-8H2,1-3H3,(H,14,17)(H,15,16)/t9?,10-/m0/s1.